The van der Waals surface area contributed by atoms with Gasteiger partial charge in [-0.2, -0.15) is 4.31 Å². The van der Waals surface area contributed by atoms with Crippen LogP contribution in [0.2, 0.25) is 5.02 Å². The van der Waals surface area contributed by atoms with Crippen molar-refractivity contribution in [2.45, 2.75) is 61.9 Å². The predicted molar refractivity (Wildman–Crippen MR) is 172 cm³/mol. The Bertz CT molecular complexity index is 1690. The molecule has 1 aliphatic carbocycles. The molecule has 0 bridgehead atoms. The summed E-state index contributed by atoms with van der Waals surface area (Å²) in [5, 5.41) is 3.29. The van der Waals surface area contributed by atoms with Gasteiger partial charge in [-0.15, -0.1) is 0 Å². The third-order valence-electron chi connectivity index (χ3n) is 8.57. The fourth-order valence-corrected chi connectivity index (χ4v) is 8.58. The molecule has 0 radical (unpaired) electrons. The smallest absolute Gasteiger partial charge is 0.420 e. The average molecular weight is 675 g/mol. The number of hydrogen-bond donors (Lipinski definition) is 2. The lowest BCUT2D eigenvalue weighted by Crippen LogP contribution is -2.59. The minimum absolute atomic E-state index is 0.0122. The number of nitrogens with zero attached hydrogens (tertiary/aromatic N) is 2. The first-order valence-corrected chi connectivity index (χ1v) is 17.0. The molecule has 46 heavy (non-hydrogen) atoms. The Hall–Kier alpha value is -3.42. The van der Waals surface area contributed by atoms with Crippen LogP contribution in [0.3, 0.4) is 0 Å². The van der Waals surface area contributed by atoms with Gasteiger partial charge in [-0.25, -0.2) is 26.9 Å². The first-order chi connectivity index (χ1) is 21.9. The van der Waals surface area contributed by atoms with E-state index in [-0.39, 0.29) is 30.1 Å². The second-order valence-corrected chi connectivity index (χ2v) is 14.3. The van der Waals surface area contributed by atoms with Gasteiger partial charge in [0.25, 0.3) is 5.91 Å². The lowest BCUT2D eigenvalue weighted by atomic mass is 9.84. The molecule has 2 amide bonds. The Morgan fingerprint density at radius 1 is 1.07 bits per heavy atom. The number of piperazine rings is 1. The summed E-state index contributed by atoms with van der Waals surface area (Å²) in [5.74, 6) is -3.05. The van der Waals surface area contributed by atoms with Gasteiger partial charge in [0, 0.05) is 41.7 Å². The number of sulfonamides is 1. The van der Waals surface area contributed by atoms with E-state index in [0.717, 1.165) is 7.11 Å². The van der Waals surface area contributed by atoms with Gasteiger partial charge in [-0.05, 0) is 80.1 Å². The number of ether oxygens (including phenoxy) is 1. The lowest BCUT2D eigenvalue weighted by Gasteiger charge is -2.40. The third-order valence-corrected chi connectivity index (χ3v) is 11.4. The largest absolute Gasteiger partial charge is 0.452 e. The molecule has 3 aromatic rings. The van der Waals surface area contributed by atoms with Crippen LogP contribution < -0.4 is 16.0 Å². The molecular weight excluding hydrogens is 638 g/mol. The Balaban J connectivity index is 1.49. The summed E-state index contributed by atoms with van der Waals surface area (Å²) in [4.78, 5) is 28.2. The lowest BCUT2D eigenvalue weighted by molar-refractivity contribution is -0.119. The molecule has 0 aromatic heterocycles. The van der Waals surface area contributed by atoms with Gasteiger partial charge >= 0.3 is 6.09 Å². The fourth-order valence-electron chi connectivity index (χ4n) is 6.21. The predicted octanol–water partition coefficient (Wildman–Crippen LogP) is 4.96. The normalized spacial score (nSPS) is 20.1. The molecule has 4 atom stereocenters. The zero-order valence-corrected chi connectivity index (χ0v) is 27.1. The second kappa shape index (κ2) is 14.1. The van der Waals surface area contributed by atoms with Crippen molar-refractivity contribution in [3.63, 3.8) is 0 Å². The summed E-state index contributed by atoms with van der Waals surface area (Å²) in [6.07, 6.45) is 0.382. The summed E-state index contributed by atoms with van der Waals surface area (Å²) in [7, 11) is -2.44. The molecule has 1 aliphatic heterocycles. The summed E-state index contributed by atoms with van der Waals surface area (Å²) in [6.45, 7) is 2.71. The van der Waals surface area contributed by atoms with E-state index in [1.165, 1.54) is 40.7 Å². The number of methoxy groups -OCH3 is 1. The molecule has 2 fully saturated rings. The highest BCUT2D eigenvalue weighted by atomic mass is 35.5. The van der Waals surface area contributed by atoms with Gasteiger partial charge in [-0.3, -0.25) is 4.79 Å². The van der Waals surface area contributed by atoms with E-state index in [2.05, 4.69) is 5.32 Å². The molecule has 0 unspecified atom stereocenters. The van der Waals surface area contributed by atoms with E-state index in [4.69, 9.17) is 22.1 Å². The number of hydrogen-bond acceptors (Lipinski definition) is 7. The molecule has 0 spiro atoms. The van der Waals surface area contributed by atoms with Crippen LogP contribution in [0.4, 0.5) is 19.3 Å². The highest BCUT2D eigenvalue weighted by molar-refractivity contribution is 7.90. The van der Waals surface area contributed by atoms with Crippen molar-refractivity contribution in [2.24, 2.45) is 5.73 Å². The molecular formula is C33H37ClF2N4O5S. The minimum atomic E-state index is -3.53. The molecule has 2 aliphatic rings. The van der Waals surface area contributed by atoms with Crippen molar-refractivity contribution < 1.29 is 31.5 Å². The van der Waals surface area contributed by atoms with E-state index < -0.39 is 56.9 Å². The SMILES string of the molecule is COC(=O)N(C(=O)[C@@H](N)[C@@H](c1ccc(Cl)cc1)c1cccc(F)c1)c1cccc(F)c1CC[C@H]1CNC[C@H](C)N1S(=O)(=O)C1CC1. The Labute approximate surface area is 272 Å². The van der Waals surface area contributed by atoms with Crippen molar-refractivity contribution in [1.82, 2.24) is 9.62 Å². The van der Waals surface area contributed by atoms with E-state index in [1.54, 1.807) is 30.3 Å². The number of nitrogens with one attached hydrogen (secondary N) is 1. The zero-order chi connectivity index (χ0) is 33.2. The summed E-state index contributed by atoms with van der Waals surface area (Å²) in [5.41, 5.74) is 7.48. The number of imide groups is 1. The molecule has 13 heteroatoms. The number of carbonyl (C=O) groups excluding carboxylic acids is 2. The van der Waals surface area contributed by atoms with Crippen LogP contribution in [0.15, 0.2) is 66.7 Å². The van der Waals surface area contributed by atoms with Crippen LogP contribution in [0.1, 0.15) is 48.8 Å². The molecule has 1 heterocycles. The van der Waals surface area contributed by atoms with E-state index in [9.17, 15) is 22.4 Å². The van der Waals surface area contributed by atoms with Crippen LogP contribution >= 0.6 is 11.6 Å². The van der Waals surface area contributed by atoms with Crippen LogP contribution in [-0.4, -0.2) is 68.3 Å². The maximum Gasteiger partial charge on any atom is 0.420 e. The molecule has 5 rings (SSSR count). The third kappa shape index (κ3) is 7.11. The Morgan fingerprint density at radius 3 is 2.41 bits per heavy atom. The summed E-state index contributed by atoms with van der Waals surface area (Å²) in [6, 6.07) is 13.9. The minimum Gasteiger partial charge on any atom is -0.452 e. The van der Waals surface area contributed by atoms with E-state index in [1.807, 2.05) is 6.92 Å². The summed E-state index contributed by atoms with van der Waals surface area (Å²) >= 11 is 6.10. The van der Waals surface area contributed by atoms with Crippen LogP contribution in [0, 0.1) is 11.6 Å². The Kier molecular flexibility index (Phi) is 10.4. The van der Waals surface area contributed by atoms with Crippen molar-refractivity contribution in [2.75, 3.05) is 25.1 Å². The van der Waals surface area contributed by atoms with Gasteiger partial charge in [0.05, 0.1) is 24.1 Å². The number of nitrogens with two attached hydrogens (primary N) is 1. The van der Waals surface area contributed by atoms with E-state index in [0.29, 0.717) is 47.0 Å². The van der Waals surface area contributed by atoms with Gasteiger partial charge in [-0.1, -0.05) is 41.9 Å². The highest BCUT2D eigenvalue weighted by Gasteiger charge is 2.46. The number of amides is 2. The van der Waals surface area contributed by atoms with Gasteiger partial charge in [0.2, 0.25) is 10.0 Å². The topological polar surface area (TPSA) is 122 Å². The standard InChI is InChI=1S/C33H37ClF2N4O5S/c1-20-18-38-19-25(40(20)46(43,44)26-14-15-26)13-16-27-28(36)7-4-8-29(27)39(33(42)45-2)32(41)31(37)30(21-9-11-23(34)12-10-21)22-5-3-6-24(35)17-22/h3-12,17,20,25-26,30-31,38H,13-16,18-19,37H2,1-2H3/t20-,25-,30-,31-/m0/s1. The quantitative estimate of drug-likeness (QED) is 0.312. The Morgan fingerprint density at radius 2 is 1.76 bits per heavy atom. The van der Waals surface area contributed by atoms with Crippen molar-refractivity contribution in [3.05, 3.63) is 100 Å². The summed E-state index contributed by atoms with van der Waals surface area (Å²) < 4.78 is 63.1. The number of anilines is 1. The van der Waals surface area contributed by atoms with Gasteiger partial charge in [0.15, 0.2) is 0 Å². The van der Waals surface area contributed by atoms with E-state index >= 15 is 4.39 Å². The number of halogens is 3. The fraction of sp³-hybridized carbons (Fsp3) is 0.394. The number of carbonyl (C=O) groups is 2. The second-order valence-electron chi connectivity index (χ2n) is 11.8. The van der Waals surface area contributed by atoms with Crippen molar-refractivity contribution >= 4 is 39.3 Å². The molecule has 246 valence electrons. The number of benzene rings is 3. The monoisotopic (exact) mass is 674 g/mol. The van der Waals surface area contributed by atoms with Crippen LogP contribution in [0.25, 0.3) is 0 Å². The molecule has 9 nitrogen and oxygen atoms in total. The van der Waals surface area contributed by atoms with Crippen molar-refractivity contribution in [3.8, 4) is 0 Å². The van der Waals surface area contributed by atoms with Crippen LogP contribution in [-0.2, 0) is 26.0 Å². The first-order valence-electron chi connectivity index (χ1n) is 15.1. The van der Waals surface area contributed by atoms with Gasteiger partial charge < -0.3 is 15.8 Å². The molecule has 3 N–H and O–H groups in total. The van der Waals surface area contributed by atoms with Crippen LogP contribution in [0.5, 0.6) is 0 Å². The average Bonchev–Trinajstić information content (AvgIpc) is 3.88. The zero-order valence-electron chi connectivity index (χ0n) is 25.5. The maximum atomic E-state index is 15.6. The first kappa shape index (κ1) is 33.9. The molecule has 1 saturated heterocycles. The van der Waals surface area contributed by atoms with Gasteiger partial charge in [0.1, 0.15) is 11.6 Å². The molecule has 1 saturated carbocycles. The highest BCUT2D eigenvalue weighted by Crippen LogP contribution is 2.36. The maximum absolute atomic E-state index is 15.6. The molecule has 3 aromatic carbocycles. The number of rotatable bonds is 10. The van der Waals surface area contributed by atoms with Crippen molar-refractivity contribution in [1.29, 1.82) is 0 Å².